The van der Waals surface area contributed by atoms with Crippen molar-refractivity contribution in [2.24, 2.45) is 5.92 Å². The molecule has 76 valence electrons. The van der Waals surface area contributed by atoms with Crippen molar-refractivity contribution >= 4 is 5.84 Å². The molecule has 1 rings (SSSR count). The van der Waals surface area contributed by atoms with E-state index in [9.17, 15) is 0 Å². The molecule has 1 N–H and O–H groups in total. The molecule has 1 saturated heterocycles. The van der Waals surface area contributed by atoms with Crippen LogP contribution < -0.4 is 0 Å². The molecule has 0 aromatic heterocycles. The number of likely N-dealkylation sites (tertiary alicyclic amines) is 1. The third-order valence-electron chi connectivity index (χ3n) is 2.75. The van der Waals surface area contributed by atoms with Crippen molar-refractivity contribution in [3.05, 3.63) is 0 Å². The van der Waals surface area contributed by atoms with Gasteiger partial charge in [0.1, 0.15) is 0 Å². The molecule has 0 radical (unpaired) electrons. The van der Waals surface area contributed by atoms with E-state index in [1.165, 1.54) is 19.3 Å². The summed E-state index contributed by atoms with van der Waals surface area (Å²) in [6.45, 7) is 7.86. The van der Waals surface area contributed by atoms with Crippen LogP contribution in [0, 0.1) is 11.3 Å². The summed E-state index contributed by atoms with van der Waals surface area (Å²) in [4.78, 5) is 2.28. The third kappa shape index (κ3) is 3.02. The summed E-state index contributed by atoms with van der Waals surface area (Å²) in [5, 5.41) is 7.85. The van der Waals surface area contributed by atoms with Gasteiger partial charge in [0, 0.05) is 19.0 Å². The van der Waals surface area contributed by atoms with Gasteiger partial charge in [-0.25, -0.2) is 0 Å². The Morgan fingerprint density at radius 2 is 2.00 bits per heavy atom. The van der Waals surface area contributed by atoms with Crippen LogP contribution >= 0.6 is 0 Å². The molecule has 1 heterocycles. The second kappa shape index (κ2) is 4.64. The first kappa shape index (κ1) is 10.6. The second-order valence-electron chi connectivity index (χ2n) is 4.58. The largest absolute Gasteiger partial charge is 0.358 e. The van der Waals surface area contributed by atoms with E-state index in [-0.39, 0.29) is 0 Å². The van der Waals surface area contributed by atoms with Crippen molar-refractivity contribution in [1.82, 2.24) is 4.90 Å². The molecule has 1 fully saturated rings. The van der Waals surface area contributed by atoms with Crippen LogP contribution in [0.3, 0.4) is 0 Å². The molecule has 1 atom stereocenters. The van der Waals surface area contributed by atoms with Gasteiger partial charge >= 0.3 is 0 Å². The van der Waals surface area contributed by atoms with Crippen LogP contribution in [0.4, 0.5) is 0 Å². The molecule has 1 aliphatic heterocycles. The highest BCUT2D eigenvalue weighted by Crippen LogP contribution is 2.18. The Hall–Kier alpha value is -0.530. The summed E-state index contributed by atoms with van der Waals surface area (Å²) in [6, 6.07) is 0.563. The van der Waals surface area contributed by atoms with Gasteiger partial charge in [-0.2, -0.15) is 0 Å². The number of nitrogens with one attached hydrogen (secondary N) is 1. The molecule has 0 aromatic rings. The first-order valence-corrected chi connectivity index (χ1v) is 5.45. The van der Waals surface area contributed by atoms with Crippen molar-refractivity contribution in [3.8, 4) is 0 Å². The van der Waals surface area contributed by atoms with E-state index < -0.39 is 0 Å². The van der Waals surface area contributed by atoms with Gasteiger partial charge in [-0.1, -0.05) is 13.8 Å². The maximum absolute atomic E-state index is 7.85. The van der Waals surface area contributed by atoms with Gasteiger partial charge in [-0.15, -0.1) is 0 Å². The van der Waals surface area contributed by atoms with E-state index in [0.717, 1.165) is 24.7 Å². The normalized spacial score (nSPS) is 20.9. The zero-order chi connectivity index (χ0) is 9.84. The molecule has 0 amide bonds. The van der Waals surface area contributed by atoms with Gasteiger partial charge in [0.05, 0.1) is 5.84 Å². The third-order valence-corrected chi connectivity index (χ3v) is 2.75. The van der Waals surface area contributed by atoms with E-state index in [4.69, 9.17) is 5.41 Å². The highest BCUT2D eigenvalue weighted by molar-refractivity contribution is 5.80. The lowest BCUT2D eigenvalue weighted by Crippen LogP contribution is -2.41. The summed E-state index contributed by atoms with van der Waals surface area (Å²) in [5.74, 6) is 1.60. The number of rotatable bonds is 3. The maximum atomic E-state index is 7.85. The Balaban J connectivity index is 2.43. The Morgan fingerprint density at radius 1 is 1.31 bits per heavy atom. The molecule has 13 heavy (non-hydrogen) atoms. The predicted molar refractivity (Wildman–Crippen MR) is 57.2 cm³/mol. The lowest BCUT2D eigenvalue weighted by atomic mass is 10.0. The monoisotopic (exact) mass is 182 g/mol. The average molecular weight is 182 g/mol. The molecule has 0 spiro atoms. The van der Waals surface area contributed by atoms with Gasteiger partial charge in [0.15, 0.2) is 0 Å². The highest BCUT2D eigenvalue weighted by atomic mass is 15.2. The number of hydrogen-bond donors (Lipinski definition) is 1. The van der Waals surface area contributed by atoms with E-state index in [1.54, 1.807) is 0 Å². The minimum atomic E-state index is 0.563. The SMILES string of the molecule is CC(C)CC(C)N1CCCCC1=N. The second-order valence-corrected chi connectivity index (χ2v) is 4.58. The van der Waals surface area contributed by atoms with Crippen LogP contribution in [0.15, 0.2) is 0 Å². The summed E-state index contributed by atoms with van der Waals surface area (Å²) in [6.07, 6.45) is 4.68. The van der Waals surface area contributed by atoms with Crippen LogP contribution in [-0.4, -0.2) is 23.3 Å². The van der Waals surface area contributed by atoms with Crippen molar-refractivity contribution < 1.29 is 0 Å². The van der Waals surface area contributed by atoms with Crippen molar-refractivity contribution in [3.63, 3.8) is 0 Å². The molecule has 1 unspecified atom stereocenters. The fraction of sp³-hybridized carbons (Fsp3) is 0.909. The van der Waals surface area contributed by atoms with E-state index in [0.29, 0.717) is 6.04 Å². The zero-order valence-corrected chi connectivity index (χ0v) is 9.14. The molecular formula is C11H22N2. The molecule has 0 bridgehead atoms. The first-order chi connectivity index (χ1) is 6.11. The quantitative estimate of drug-likeness (QED) is 0.714. The summed E-state index contributed by atoms with van der Waals surface area (Å²) in [5.41, 5.74) is 0. The Morgan fingerprint density at radius 3 is 2.54 bits per heavy atom. The molecule has 2 nitrogen and oxygen atoms in total. The Kier molecular flexibility index (Phi) is 3.76. The highest BCUT2D eigenvalue weighted by Gasteiger charge is 2.20. The van der Waals surface area contributed by atoms with Gasteiger partial charge in [-0.3, -0.25) is 5.41 Å². The van der Waals surface area contributed by atoms with Crippen molar-refractivity contribution in [2.45, 2.75) is 52.5 Å². The van der Waals surface area contributed by atoms with Crippen molar-refractivity contribution in [2.75, 3.05) is 6.54 Å². The maximum Gasteiger partial charge on any atom is 0.0960 e. The summed E-state index contributed by atoms with van der Waals surface area (Å²) >= 11 is 0. The molecule has 1 aliphatic rings. The standard InChI is InChI=1S/C11H22N2/c1-9(2)8-10(3)13-7-5-4-6-11(13)12/h9-10,12H,4-8H2,1-3H3. The first-order valence-electron chi connectivity index (χ1n) is 5.45. The Labute approximate surface area is 81.8 Å². The van der Waals surface area contributed by atoms with Crippen LogP contribution in [0.25, 0.3) is 0 Å². The van der Waals surface area contributed by atoms with Crippen LogP contribution in [0.1, 0.15) is 46.5 Å². The fourth-order valence-corrected chi connectivity index (χ4v) is 2.15. The minimum absolute atomic E-state index is 0.563. The number of piperidine rings is 1. The lowest BCUT2D eigenvalue weighted by Gasteiger charge is -2.35. The van der Waals surface area contributed by atoms with Gasteiger partial charge in [-0.05, 0) is 32.1 Å². The van der Waals surface area contributed by atoms with Gasteiger partial charge in [0.25, 0.3) is 0 Å². The van der Waals surface area contributed by atoms with Gasteiger partial charge < -0.3 is 4.90 Å². The molecular weight excluding hydrogens is 160 g/mol. The van der Waals surface area contributed by atoms with Gasteiger partial charge in [0.2, 0.25) is 0 Å². The zero-order valence-electron chi connectivity index (χ0n) is 9.14. The van der Waals surface area contributed by atoms with Crippen molar-refractivity contribution in [1.29, 1.82) is 5.41 Å². The minimum Gasteiger partial charge on any atom is -0.358 e. The molecule has 0 aromatic carbocycles. The van der Waals surface area contributed by atoms with E-state index in [2.05, 4.69) is 25.7 Å². The number of hydrogen-bond acceptors (Lipinski definition) is 1. The lowest BCUT2D eigenvalue weighted by molar-refractivity contribution is 0.262. The van der Waals surface area contributed by atoms with E-state index >= 15 is 0 Å². The van der Waals surface area contributed by atoms with Crippen LogP contribution in [0.2, 0.25) is 0 Å². The summed E-state index contributed by atoms with van der Waals surface area (Å²) < 4.78 is 0. The van der Waals surface area contributed by atoms with E-state index in [1.807, 2.05) is 0 Å². The van der Waals surface area contributed by atoms with Crippen LogP contribution in [-0.2, 0) is 0 Å². The molecule has 0 saturated carbocycles. The molecule has 0 aliphatic carbocycles. The predicted octanol–water partition coefficient (Wildman–Crippen LogP) is 2.88. The topological polar surface area (TPSA) is 27.1 Å². The number of amidine groups is 1. The smallest absolute Gasteiger partial charge is 0.0960 e. The molecule has 2 heteroatoms. The summed E-state index contributed by atoms with van der Waals surface area (Å²) in [7, 11) is 0. The average Bonchev–Trinajstić information content (AvgIpc) is 2.03. The van der Waals surface area contributed by atoms with Crippen LogP contribution in [0.5, 0.6) is 0 Å². The number of nitrogens with zero attached hydrogens (tertiary/aromatic N) is 1. The fourth-order valence-electron chi connectivity index (χ4n) is 2.15. The Bertz CT molecular complexity index is 175.